The molecule has 4 N–H and O–H groups in total. The maximum atomic E-state index is 11.6. The fourth-order valence-electron chi connectivity index (χ4n) is 1.33. The Bertz CT molecular complexity index is 423. The maximum Gasteiger partial charge on any atom is 0.243 e. The molecule has 0 saturated heterocycles. The van der Waals surface area contributed by atoms with Crippen LogP contribution in [0.3, 0.4) is 0 Å². The molecule has 0 fully saturated rings. The zero-order valence-corrected chi connectivity index (χ0v) is 11.6. The summed E-state index contributed by atoms with van der Waals surface area (Å²) in [7, 11) is 1.48. The van der Waals surface area contributed by atoms with E-state index in [2.05, 4.69) is 10.6 Å². The van der Waals surface area contributed by atoms with E-state index in [9.17, 15) is 9.59 Å². The van der Waals surface area contributed by atoms with Gasteiger partial charge < -0.3 is 21.1 Å². The lowest BCUT2D eigenvalue weighted by molar-refractivity contribution is -0.118. The number of nitrogens with one attached hydrogen (secondary N) is 2. The van der Waals surface area contributed by atoms with Gasteiger partial charge in [0, 0.05) is 25.4 Å². The smallest absolute Gasteiger partial charge is 0.243 e. The number of ether oxygens (including phenoxy) is 1. The Morgan fingerprint density at radius 1 is 1.21 bits per heavy atom. The zero-order valence-electron chi connectivity index (χ0n) is 10.8. The number of halogens is 1. The summed E-state index contributed by atoms with van der Waals surface area (Å²) in [6, 6.07) is 6.05. The summed E-state index contributed by atoms with van der Waals surface area (Å²) in [5.74, 6) is -0.460. The lowest BCUT2D eigenvalue weighted by Gasteiger charge is -2.11. The highest BCUT2D eigenvalue weighted by molar-refractivity contribution is 5.95. The predicted octanol–water partition coefficient (Wildman–Crippen LogP) is 0.979. The summed E-state index contributed by atoms with van der Waals surface area (Å²) in [5.41, 5.74) is 6.86. The Morgan fingerprint density at radius 3 is 2.11 bits per heavy atom. The first-order valence-electron chi connectivity index (χ1n) is 5.46. The second-order valence-corrected chi connectivity index (χ2v) is 3.81. The van der Waals surface area contributed by atoms with Crippen molar-refractivity contribution in [3.8, 4) is 0 Å². The topological polar surface area (TPSA) is 93.4 Å². The fraction of sp³-hybridized carbons (Fsp3) is 0.333. The van der Waals surface area contributed by atoms with Crippen LogP contribution >= 0.6 is 12.4 Å². The summed E-state index contributed by atoms with van der Waals surface area (Å²) >= 11 is 0. The number of benzene rings is 1. The number of anilines is 2. The maximum absolute atomic E-state index is 11.6. The van der Waals surface area contributed by atoms with E-state index in [1.807, 2.05) is 0 Å². The monoisotopic (exact) mass is 287 g/mol. The van der Waals surface area contributed by atoms with Crippen molar-refractivity contribution in [1.29, 1.82) is 0 Å². The lowest BCUT2D eigenvalue weighted by atomic mass is 10.2. The molecule has 0 heterocycles. The third-order valence-corrected chi connectivity index (χ3v) is 2.16. The molecule has 6 nitrogen and oxygen atoms in total. The first kappa shape index (κ1) is 17.4. The Kier molecular flexibility index (Phi) is 7.74. The molecule has 0 aliphatic heterocycles. The largest absolute Gasteiger partial charge is 0.383 e. The van der Waals surface area contributed by atoms with E-state index < -0.39 is 6.04 Å². The Balaban J connectivity index is 0.00000324. The van der Waals surface area contributed by atoms with Gasteiger partial charge in [0.05, 0.1) is 6.61 Å². The molecule has 0 radical (unpaired) electrons. The summed E-state index contributed by atoms with van der Waals surface area (Å²) in [5, 5.41) is 5.28. The summed E-state index contributed by atoms with van der Waals surface area (Å²) in [4.78, 5) is 22.4. The van der Waals surface area contributed by atoms with Gasteiger partial charge in [0.15, 0.2) is 0 Å². The van der Waals surface area contributed by atoms with Gasteiger partial charge in [0.1, 0.15) is 6.04 Å². The number of hydrogen-bond donors (Lipinski definition) is 3. The molecule has 0 bridgehead atoms. The highest BCUT2D eigenvalue weighted by Gasteiger charge is 2.12. The Hall–Kier alpha value is -1.63. The first-order valence-corrected chi connectivity index (χ1v) is 5.46. The van der Waals surface area contributed by atoms with Gasteiger partial charge in [-0.25, -0.2) is 0 Å². The predicted molar refractivity (Wildman–Crippen MR) is 76.5 cm³/mol. The molecule has 2 amide bonds. The average molecular weight is 288 g/mol. The van der Waals surface area contributed by atoms with E-state index in [0.29, 0.717) is 11.4 Å². The number of amides is 2. The van der Waals surface area contributed by atoms with Gasteiger partial charge in [-0.3, -0.25) is 9.59 Å². The molecular formula is C12H18ClN3O3. The minimum Gasteiger partial charge on any atom is -0.383 e. The molecular weight excluding hydrogens is 270 g/mol. The number of hydrogen-bond acceptors (Lipinski definition) is 4. The molecule has 19 heavy (non-hydrogen) atoms. The van der Waals surface area contributed by atoms with Crippen molar-refractivity contribution in [2.24, 2.45) is 5.73 Å². The van der Waals surface area contributed by atoms with E-state index >= 15 is 0 Å². The molecule has 0 aromatic heterocycles. The highest BCUT2D eigenvalue weighted by atomic mass is 35.5. The molecule has 1 unspecified atom stereocenters. The molecule has 0 aliphatic rings. The van der Waals surface area contributed by atoms with E-state index in [1.165, 1.54) is 14.0 Å². The van der Waals surface area contributed by atoms with Crippen LogP contribution in [0.2, 0.25) is 0 Å². The van der Waals surface area contributed by atoms with Gasteiger partial charge in [0.25, 0.3) is 0 Å². The van der Waals surface area contributed by atoms with Gasteiger partial charge in [-0.2, -0.15) is 0 Å². The van der Waals surface area contributed by atoms with Crippen molar-refractivity contribution < 1.29 is 14.3 Å². The number of carbonyl (C=O) groups excluding carboxylic acids is 2. The summed E-state index contributed by atoms with van der Waals surface area (Å²) in [6.45, 7) is 1.59. The van der Waals surface area contributed by atoms with Crippen molar-refractivity contribution in [3.63, 3.8) is 0 Å². The molecule has 7 heteroatoms. The first-order chi connectivity index (χ1) is 8.52. The SMILES string of the molecule is COCC(N)C(=O)Nc1ccc(NC(C)=O)cc1.Cl. The highest BCUT2D eigenvalue weighted by Crippen LogP contribution is 2.13. The molecule has 1 aromatic rings. The fourth-order valence-corrected chi connectivity index (χ4v) is 1.33. The van der Waals surface area contributed by atoms with Crippen LogP contribution in [-0.4, -0.2) is 31.6 Å². The zero-order chi connectivity index (χ0) is 13.5. The second kappa shape index (κ2) is 8.47. The Labute approximate surface area is 118 Å². The molecule has 0 saturated carbocycles. The van der Waals surface area contributed by atoms with Crippen molar-refractivity contribution in [2.45, 2.75) is 13.0 Å². The van der Waals surface area contributed by atoms with Gasteiger partial charge >= 0.3 is 0 Å². The number of nitrogens with two attached hydrogens (primary N) is 1. The van der Waals surface area contributed by atoms with Crippen LogP contribution in [0.5, 0.6) is 0 Å². The number of carbonyl (C=O) groups is 2. The van der Waals surface area contributed by atoms with Crippen LogP contribution in [0.4, 0.5) is 11.4 Å². The van der Waals surface area contributed by atoms with Crippen LogP contribution in [0.1, 0.15) is 6.92 Å². The molecule has 1 aromatic carbocycles. The van der Waals surface area contributed by atoms with Gasteiger partial charge in [-0.15, -0.1) is 12.4 Å². The molecule has 1 rings (SSSR count). The standard InChI is InChI=1S/C12H17N3O3.ClH/c1-8(16)14-9-3-5-10(6-4-9)15-12(17)11(13)7-18-2;/h3-6,11H,7,13H2,1-2H3,(H,14,16)(H,15,17);1H. The molecule has 0 spiro atoms. The van der Waals surface area contributed by atoms with Crippen molar-refractivity contribution in [3.05, 3.63) is 24.3 Å². The van der Waals surface area contributed by atoms with Crippen molar-refractivity contribution in [2.75, 3.05) is 24.4 Å². The quantitative estimate of drug-likeness (QED) is 0.752. The molecule has 1 atom stereocenters. The van der Waals surface area contributed by atoms with Crippen LogP contribution in [0, 0.1) is 0 Å². The van der Waals surface area contributed by atoms with E-state index in [-0.39, 0.29) is 30.8 Å². The van der Waals surface area contributed by atoms with Crippen LogP contribution in [-0.2, 0) is 14.3 Å². The van der Waals surface area contributed by atoms with Crippen LogP contribution < -0.4 is 16.4 Å². The minimum atomic E-state index is -0.704. The minimum absolute atomic E-state index is 0. The van der Waals surface area contributed by atoms with Gasteiger partial charge in [-0.1, -0.05) is 0 Å². The van der Waals surface area contributed by atoms with E-state index in [4.69, 9.17) is 10.5 Å². The van der Waals surface area contributed by atoms with Crippen molar-refractivity contribution >= 4 is 35.6 Å². The molecule has 106 valence electrons. The van der Waals surface area contributed by atoms with Gasteiger partial charge in [0.2, 0.25) is 11.8 Å². The van der Waals surface area contributed by atoms with Crippen LogP contribution in [0.15, 0.2) is 24.3 Å². The average Bonchev–Trinajstić information content (AvgIpc) is 2.31. The number of methoxy groups -OCH3 is 1. The summed E-state index contributed by atoms with van der Waals surface area (Å²) < 4.78 is 4.79. The van der Waals surface area contributed by atoms with Gasteiger partial charge in [-0.05, 0) is 24.3 Å². The Morgan fingerprint density at radius 2 is 1.68 bits per heavy atom. The third kappa shape index (κ3) is 6.19. The third-order valence-electron chi connectivity index (χ3n) is 2.16. The summed E-state index contributed by atoms with van der Waals surface area (Å²) in [6.07, 6.45) is 0. The number of rotatable bonds is 5. The molecule has 0 aliphatic carbocycles. The van der Waals surface area contributed by atoms with Crippen molar-refractivity contribution in [1.82, 2.24) is 0 Å². The normalized spacial score (nSPS) is 11.1. The second-order valence-electron chi connectivity index (χ2n) is 3.81. The van der Waals surface area contributed by atoms with Crippen LogP contribution in [0.25, 0.3) is 0 Å². The lowest BCUT2D eigenvalue weighted by Crippen LogP contribution is -2.39. The van der Waals surface area contributed by atoms with E-state index in [1.54, 1.807) is 24.3 Å². The van der Waals surface area contributed by atoms with E-state index in [0.717, 1.165) is 0 Å².